The first-order valence-electron chi connectivity index (χ1n) is 11.6. The third-order valence-electron chi connectivity index (χ3n) is 5.67. The molecule has 0 fully saturated rings. The van der Waals surface area contributed by atoms with Crippen LogP contribution in [0.2, 0.25) is 0 Å². The highest BCUT2D eigenvalue weighted by Crippen LogP contribution is 2.30. The van der Waals surface area contributed by atoms with Gasteiger partial charge in [-0.3, -0.25) is 10.2 Å². The second-order valence-electron chi connectivity index (χ2n) is 8.71. The minimum Gasteiger partial charge on any atom is -0.415 e. The first-order valence-corrected chi connectivity index (χ1v) is 13.5. The monoisotopic (exact) mass is 586 g/mol. The number of anilines is 1. The molecule has 11 nitrogen and oxygen atoms in total. The summed E-state index contributed by atoms with van der Waals surface area (Å²) in [5, 5.41) is 14.2. The molecule has 0 aliphatic heterocycles. The van der Waals surface area contributed by atoms with Crippen molar-refractivity contribution < 1.29 is 35.9 Å². The van der Waals surface area contributed by atoms with Crippen LogP contribution in [-0.2, 0) is 14.6 Å². The Morgan fingerprint density at radius 3 is 2.27 bits per heavy atom. The summed E-state index contributed by atoms with van der Waals surface area (Å²) in [6, 6.07) is 14.9. The molecule has 2 aromatic carbocycles. The average molecular weight is 587 g/mol. The largest absolute Gasteiger partial charge is 0.491 e. The highest BCUT2D eigenvalue weighted by Gasteiger charge is 2.43. The predicted octanol–water partition coefficient (Wildman–Crippen LogP) is 3.65. The van der Waals surface area contributed by atoms with E-state index in [1.807, 2.05) is 0 Å². The Balaban J connectivity index is 1.69. The zero-order chi connectivity index (χ0) is 30.1. The molecule has 0 saturated heterocycles. The molecule has 0 spiro atoms. The number of rotatable bonds is 7. The number of nitrogens with two attached hydrogens (primary N) is 1. The van der Waals surface area contributed by atoms with Crippen LogP contribution >= 0.6 is 0 Å². The Labute approximate surface area is 231 Å². The van der Waals surface area contributed by atoms with E-state index >= 15 is 0 Å². The molecule has 0 atom stereocenters. The summed E-state index contributed by atoms with van der Waals surface area (Å²) in [6.07, 6.45) is -2.85. The Bertz CT molecular complexity index is 1770. The van der Waals surface area contributed by atoms with Crippen LogP contribution in [0.5, 0.6) is 5.75 Å². The maximum atomic E-state index is 13.4. The van der Waals surface area contributed by atoms with Gasteiger partial charge in [0.15, 0.2) is 21.3 Å². The van der Waals surface area contributed by atoms with Gasteiger partial charge < -0.3 is 15.8 Å². The van der Waals surface area contributed by atoms with Crippen LogP contribution in [0.25, 0.3) is 16.8 Å². The van der Waals surface area contributed by atoms with E-state index in [0.29, 0.717) is 11.1 Å². The second kappa shape index (κ2) is 10.8. The number of aromatic nitrogens is 3. The third-order valence-corrected chi connectivity index (χ3v) is 6.80. The van der Waals surface area contributed by atoms with Crippen molar-refractivity contribution in [1.29, 1.82) is 5.41 Å². The number of esters is 1. The number of nitrogens with one attached hydrogen (secondary N) is 2. The van der Waals surface area contributed by atoms with Crippen molar-refractivity contribution in [3.8, 4) is 22.6 Å². The number of aryl methyl sites for hydroxylation is 1. The number of nitrogens with zero attached hydrogens (tertiary/aromatic N) is 3. The highest BCUT2D eigenvalue weighted by molar-refractivity contribution is 7.90. The van der Waals surface area contributed by atoms with Gasteiger partial charge in [-0.2, -0.15) is 18.3 Å². The van der Waals surface area contributed by atoms with E-state index in [4.69, 9.17) is 11.1 Å². The summed E-state index contributed by atoms with van der Waals surface area (Å²) in [4.78, 5) is 29.3. The fourth-order valence-electron chi connectivity index (χ4n) is 3.69. The van der Waals surface area contributed by atoms with E-state index < -0.39 is 39.3 Å². The van der Waals surface area contributed by atoms with Crippen molar-refractivity contribution in [2.45, 2.75) is 18.0 Å². The van der Waals surface area contributed by atoms with Gasteiger partial charge in [0, 0.05) is 23.6 Å². The molecule has 212 valence electrons. The molecule has 0 aliphatic carbocycles. The van der Waals surface area contributed by atoms with E-state index in [9.17, 15) is 31.2 Å². The lowest BCUT2D eigenvalue weighted by Gasteiger charge is -2.12. The van der Waals surface area contributed by atoms with Gasteiger partial charge in [-0.15, -0.1) is 0 Å². The van der Waals surface area contributed by atoms with E-state index in [1.54, 1.807) is 18.2 Å². The van der Waals surface area contributed by atoms with Crippen molar-refractivity contribution in [3.05, 3.63) is 83.8 Å². The van der Waals surface area contributed by atoms with Gasteiger partial charge in [0.2, 0.25) is 0 Å². The maximum absolute atomic E-state index is 13.4. The topological polar surface area (TPSA) is 170 Å². The van der Waals surface area contributed by atoms with Crippen molar-refractivity contribution in [2.24, 2.45) is 5.73 Å². The third kappa shape index (κ3) is 6.41. The van der Waals surface area contributed by atoms with E-state index in [-0.39, 0.29) is 33.5 Å². The lowest BCUT2D eigenvalue weighted by Crippen LogP contribution is -2.29. The van der Waals surface area contributed by atoms with Crippen LogP contribution in [0, 0.1) is 12.3 Å². The van der Waals surface area contributed by atoms with Crippen LogP contribution < -0.4 is 15.8 Å². The number of ether oxygens (including phenoxy) is 1. The minimum atomic E-state index is -5.34. The van der Waals surface area contributed by atoms with Crippen LogP contribution in [0.4, 0.5) is 19.0 Å². The number of pyridine rings is 1. The summed E-state index contributed by atoms with van der Waals surface area (Å²) in [5.41, 5.74) is 6.43. The molecule has 2 heterocycles. The summed E-state index contributed by atoms with van der Waals surface area (Å²) >= 11 is 0. The molecular formula is C26H21F3N6O5S. The molecule has 2 aromatic heterocycles. The van der Waals surface area contributed by atoms with Crippen LogP contribution in [0.1, 0.15) is 21.7 Å². The van der Waals surface area contributed by atoms with Gasteiger partial charge in [0.25, 0.3) is 5.91 Å². The molecule has 0 unspecified atom stereocenters. The lowest BCUT2D eigenvalue weighted by atomic mass is 10.1. The summed E-state index contributed by atoms with van der Waals surface area (Å²) in [5.74, 6) is -4.57. The SMILES string of the molecule is Cc1nn(-c2cccc(C(=N)N)c2)c(C(=O)Nc2ccc(-c3ccc(S(C)(=O)=O)cc3)cn2)c1OC(=O)C(F)(F)F. The molecule has 4 N–H and O–H groups in total. The van der Waals surface area contributed by atoms with Crippen molar-refractivity contribution in [2.75, 3.05) is 11.6 Å². The Kier molecular flexibility index (Phi) is 7.66. The number of amides is 1. The van der Waals surface area contributed by atoms with Gasteiger partial charge in [0.05, 0.1) is 10.6 Å². The molecule has 0 saturated carbocycles. The number of hydrogen-bond donors (Lipinski definition) is 3. The Hall–Kier alpha value is -5.05. The van der Waals surface area contributed by atoms with Crippen molar-refractivity contribution in [3.63, 3.8) is 0 Å². The molecule has 0 bridgehead atoms. The van der Waals surface area contributed by atoms with Crippen molar-refractivity contribution >= 4 is 33.4 Å². The fraction of sp³-hybridized carbons (Fsp3) is 0.115. The van der Waals surface area contributed by atoms with Crippen molar-refractivity contribution in [1.82, 2.24) is 14.8 Å². The van der Waals surface area contributed by atoms with Gasteiger partial charge >= 0.3 is 12.1 Å². The molecule has 0 aliphatic rings. The van der Waals surface area contributed by atoms with Gasteiger partial charge in [0.1, 0.15) is 17.3 Å². The zero-order valence-corrected chi connectivity index (χ0v) is 22.2. The minimum absolute atomic E-state index is 0.00231. The van der Waals surface area contributed by atoms with Crippen LogP contribution in [0.15, 0.2) is 71.8 Å². The van der Waals surface area contributed by atoms with Crippen LogP contribution in [0.3, 0.4) is 0 Å². The number of amidine groups is 1. The molecule has 41 heavy (non-hydrogen) atoms. The van der Waals surface area contributed by atoms with Gasteiger partial charge in [-0.05, 0) is 48.9 Å². The first-order chi connectivity index (χ1) is 19.1. The molecule has 1 amide bonds. The highest BCUT2D eigenvalue weighted by atomic mass is 32.2. The van der Waals surface area contributed by atoms with E-state index in [1.165, 1.54) is 55.6 Å². The Morgan fingerprint density at radius 2 is 1.71 bits per heavy atom. The smallest absolute Gasteiger partial charge is 0.415 e. The normalized spacial score (nSPS) is 11.6. The summed E-state index contributed by atoms with van der Waals surface area (Å²) in [7, 11) is -3.38. The maximum Gasteiger partial charge on any atom is 0.491 e. The van der Waals surface area contributed by atoms with Gasteiger partial charge in [-0.25, -0.2) is 22.9 Å². The predicted molar refractivity (Wildman–Crippen MR) is 142 cm³/mol. The van der Waals surface area contributed by atoms with Gasteiger partial charge in [-0.1, -0.05) is 24.3 Å². The first kappa shape index (κ1) is 28.9. The number of halogens is 3. The number of benzene rings is 2. The lowest BCUT2D eigenvalue weighted by molar-refractivity contribution is -0.189. The van der Waals surface area contributed by atoms with E-state index in [0.717, 1.165) is 10.9 Å². The number of carbonyl (C=O) groups excluding carboxylic acids is 2. The summed E-state index contributed by atoms with van der Waals surface area (Å²) < 4.78 is 67.9. The standard InChI is InChI=1S/C26H21F3N6O5S/c1-14-22(40-25(37)26(27,28)29)21(35(34-14)18-5-3-4-16(12-18)23(30)31)24(36)33-20-11-8-17(13-32-20)15-6-9-19(10-7-15)41(2,38)39/h3-13H,1-2H3,(H3,30,31)(H,32,33,36). The molecule has 4 aromatic rings. The number of nitrogen functional groups attached to an aromatic ring is 1. The average Bonchev–Trinajstić information content (AvgIpc) is 3.24. The number of sulfone groups is 1. The number of hydrogen-bond acceptors (Lipinski definition) is 8. The van der Waals surface area contributed by atoms with E-state index in [2.05, 4.69) is 20.1 Å². The molecule has 4 rings (SSSR count). The zero-order valence-electron chi connectivity index (χ0n) is 21.4. The number of alkyl halides is 3. The second-order valence-corrected chi connectivity index (χ2v) is 10.7. The molecule has 15 heteroatoms. The quantitative estimate of drug-likeness (QED) is 0.167. The summed E-state index contributed by atoms with van der Waals surface area (Å²) in [6.45, 7) is 1.25. The Morgan fingerprint density at radius 1 is 1.05 bits per heavy atom. The number of carbonyl (C=O) groups is 2. The molecule has 0 radical (unpaired) electrons. The fourth-order valence-corrected chi connectivity index (χ4v) is 4.32. The molecular weight excluding hydrogens is 565 g/mol. The van der Waals surface area contributed by atoms with Crippen LogP contribution in [-0.4, -0.2) is 53.3 Å².